The zero-order chi connectivity index (χ0) is 18.1. The fraction of sp³-hybridized carbons (Fsp3) is 0.227. The van der Waals surface area contributed by atoms with Crippen molar-refractivity contribution in [3.8, 4) is 0 Å². The summed E-state index contributed by atoms with van der Waals surface area (Å²) < 4.78 is 0. The Labute approximate surface area is 157 Å². The number of aliphatic hydroxyl groups is 1. The first kappa shape index (κ1) is 17.1. The molecule has 0 aliphatic heterocycles. The van der Waals surface area contributed by atoms with E-state index in [0.717, 1.165) is 28.3 Å². The molecular formula is C22H20ClNO2. The summed E-state index contributed by atoms with van der Waals surface area (Å²) in [4.78, 5) is 12.6. The number of rotatable bonds is 5. The third-order valence-corrected chi connectivity index (χ3v) is 5.45. The van der Waals surface area contributed by atoms with Crippen LogP contribution in [0.15, 0.2) is 66.7 Å². The van der Waals surface area contributed by atoms with Crippen LogP contribution in [0.2, 0.25) is 5.02 Å². The number of amides is 1. The highest BCUT2D eigenvalue weighted by Crippen LogP contribution is 2.49. The lowest BCUT2D eigenvalue weighted by Gasteiger charge is -2.17. The fourth-order valence-corrected chi connectivity index (χ4v) is 3.82. The van der Waals surface area contributed by atoms with Gasteiger partial charge in [0.1, 0.15) is 0 Å². The Hall–Kier alpha value is -2.36. The van der Waals surface area contributed by atoms with Crippen LogP contribution in [0.25, 0.3) is 10.8 Å². The molecule has 0 bridgehead atoms. The molecule has 0 aromatic heterocycles. The second-order valence-electron chi connectivity index (χ2n) is 6.82. The number of carbonyl (C=O) groups excluding carboxylic acids is 1. The highest BCUT2D eigenvalue weighted by Gasteiger charge is 2.45. The summed E-state index contributed by atoms with van der Waals surface area (Å²) in [6.07, 6.45) is 0.797. The highest BCUT2D eigenvalue weighted by atomic mass is 35.5. The van der Waals surface area contributed by atoms with E-state index in [9.17, 15) is 9.90 Å². The number of aliphatic hydroxyl groups excluding tert-OH is 1. The van der Waals surface area contributed by atoms with Crippen molar-refractivity contribution < 1.29 is 9.90 Å². The topological polar surface area (TPSA) is 49.3 Å². The van der Waals surface area contributed by atoms with Crippen molar-refractivity contribution in [2.75, 3.05) is 6.61 Å². The van der Waals surface area contributed by atoms with Gasteiger partial charge in [-0.3, -0.25) is 4.79 Å². The normalized spacial score (nSPS) is 19.9. The standard InChI is InChI=1S/C22H20ClNO2/c23-20-8-4-3-7-17(20)18-12-19(18)22(26)24-21(13-25)16-10-9-14-5-1-2-6-15(14)11-16/h1-11,18-19,21,25H,12-13H2,(H,24,26)/t18?,19?,21-/m0/s1. The summed E-state index contributed by atoms with van der Waals surface area (Å²) in [6.45, 7) is -0.131. The molecule has 0 heterocycles. The summed E-state index contributed by atoms with van der Waals surface area (Å²) in [7, 11) is 0. The monoisotopic (exact) mass is 365 g/mol. The zero-order valence-corrected chi connectivity index (χ0v) is 15.0. The lowest BCUT2D eigenvalue weighted by atomic mass is 10.0. The molecule has 3 atom stereocenters. The van der Waals surface area contributed by atoms with E-state index in [4.69, 9.17) is 11.6 Å². The third kappa shape index (κ3) is 3.33. The molecule has 2 N–H and O–H groups in total. The van der Waals surface area contributed by atoms with Crippen LogP contribution in [-0.4, -0.2) is 17.6 Å². The molecule has 0 spiro atoms. The first-order valence-corrected chi connectivity index (χ1v) is 9.19. The molecule has 1 aliphatic carbocycles. The summed E-state index contributed by atoms with van der Waals surface area (Å²) >= 11 is 6.24. The number of carbonyl (C=O) groups is 1. The number of hydrogen-bond donors (Lipinski definition) is 2. The van der Waals surface area contributed by atoms with Gasteiger partial charge in [-0.25, -0.2) is 0 Å². The van der Waals surface area contributed by atoms with E-state index < -0.39 is 6.04 Å². The number of halogens is 1. The van der Waals surface area contributed by atoms with E-state index >= 15 is 0 Å². The quantitative estimate of drug-likeness (QED) is 0.702. The van der Waals surface area contributed by atoms with Crippen molar-refractivity contribution >= 4 is 28.3 Å². The van der Waals surface area contributed by atoms with E-state index in [0.29, 0.717) is 5.02 Å². The molecule has 3 aromatic carbocycles. The predicted octanol–water partition coefficient (Wildman–Crippen LogP) is 4.45. The average Bonchev–Trinajstić information content (AvgIpc) is 3.46. The maximum absolute atomic E-state index is 12.6. The van der Waals surface area contributed by atoms with Crippen molar-refractivity contribution in [3.63, 3.8) is 0 Å². The van der Waals surface area contributed by atoms with E-state index in [-0.39, 0.29) is 24.3 Å². The van der Waals surface area contributed by atoms with Gasteiger partial charge in [0, 0.05) is 10.9 Å². The minimum absolute atomic E-state index is 0.0258. The molecule has 0 radical (unpaired) electrons. The third-order valence-electron chi connectivity index (χ3n) is 5.11. The van der Waals surface area contributed by atoms with Gasteiger partial charge in [0.25, 0.3) is 0 Å². The van der Waals surface area contributed by atoms with Gasteiger partial charge in [-0.1, -0.05) is 66.2 Å². The molecule has 1 saturated carbocycles. The second kappa shape index (κ2) is 7.10. The maximum atomic E-state index is 12.6. The van der Waals surface area contributed by atoms with E-state index in [1.165, 1.54) is 0 Å². The van der Waals surface area contributed by atoms with E-state index in [2.05, 4.69) is 5.32 Å². The van der Waals surface area contributed by atoms with Crippen LogP contribution in [-0.2, 0) is 4.79 Å². The van der Waals surface area contributed by atoms with Gasteiger partial charge in [0.05, 0.1) is 12.6 Å². The molecule has 1 fully saturated rings. The van der Waals surface area contributed by atoms with Gasteiger partial charge in [-0.05, 0) is 46.4 Å². The summed E-state index contributed by atoms with van der Waals surface area (Å²) in [5.74, 6) is 0.0613. The van der Waals surface area contributed by atoms with Gasteiger partial charge in [0.2, 0.25) is 5.91 Å². The van der Waals surface area contributed by atoms with Crippen molar-refractivity contribution in [3.05, 3.63) is 82.9 Å². The smallest absolute Gasteiger partial charge is 0.224 e. The molecule has 3 nitrogen and oxygen atoms in total. The molecule has 132 valence electrons. The van der Waals surface area contributed by atoms with Crippen LogP contribution < -0.4 is 5.32 Å². The maximum Gasteiger partial charge on any atom is 0.224 e. The number of fused-ring (bicyclic) bond motifs is 1. The molecule has 26 heavy (non-hydrogen) atoms. The Morgan fingerprint density at radius 3 is 2.58 bits per heavy atom. The molecular weight excluding hydrogens is 346 g/mol. The Balaban J connectivity index is 1.48. The molecule has 2 unspecified atom stereocenters. The van der Waals surface area contributed by atoms with Crippen LogP contribution >= 0.6 is 11.6 Å². The fourth-order valence-electron chi connectivity index (χ4n) is 3.54. The van der Waals surface area contributed by atoms with Crippen LogP contribution in [0.5, 0.6) is 0 Å². The van der Waals surface area contributed by atoms with Crippen molar-refractivity contribution in [2.45, 2.75) is 18.4 Å². The minimum atomic E-state index is -0.403. The number of hydrogen-bond acceptors (Lipinski definition) is 2. The SMILES string of the molecule is O=C(N[C@@H](CO)c1ccc2ccccc2c1)C1CC1c1ccccc1Cl. The summed E-state index contributed by atoms with van der Waals surface area (Å²) in [5, 5.41) is 15.7. The predicted molar refractivity (Wildman–Crippen MR) is 104 cm³/mol. The van der Waals surface area contributed by atoms with Crippen molar-refractivity contribution in [1.29, 1.82) is 0 Å². The lowest BCUT2D eigenvalue weighted by Crippen LogP contribution is -2.32. The van der Waals surface area contributed by atoms with Gasteiger partial charge in [-0.15, -0.1) is 0 Å². The average molecular weight is 366 g/mol. The van der Waals surface area contributed by atoms with Crippen LogP contribution in [0, 0.1) is 5.92 Å². The van der Waals surface area contributed by atoms with Crippen molar-refractivity contribution in [1.82, 2.24) is 5.32 Å². The second-order valence-corrected chi connectivity index (χ2v) is 7.23. The molecule has 3 aromatic rings. The molecule has 0 saturated heterocycles. The lowest BCUT2D eigenvalue weighted by molar-refractivity contribution is -0.123. The molecule has 1 amide bonds. The zero-order valence-electron chi connectivity index (χ0n) is 14.2. The number of benzene rings is 3. The van der Waals surface area contributed by atoms with Gasteiger partial charge >= 0.3 is 0 Å². The van der Waals surface area contributed by atoms with Crippen LogP contribution in [0.3, 0.4) is 0 Å². The Morgan fingerprint density at radius 2 is 1.81 bits per heavy atom. The van der Waals surface area contributed by atoms with E-state index in [1.54, 1.807) is 0 Å². The Bertz CT molecular complexity index is 956. The number of nitrogens with one attached hydrogen (secondary N) is 1. The molecule has 4 rings (SSSR count). The van der Waals surface area contributed by atoms with E-state index in [1.807, 2.05) is 66.7 Å². The van der Waals surface area contributed by atoms with Gasteiger partial charge in [-0.2, -0.15) is 0 Å². The van der Waals surface area contributed by atoms with Crippen LogP contribution in [0.4, 0.5) is 0 Å². The largest absolute Gasteiger partial charge is 0.394 e. The Kier molecular flexibility index (Phi) is 4.66. The highest BCUT2D eigenvalue weighted by molar-refractivity contribution is 6.31. The Morgan fingerprint density at radius 1 is 1.08 bits per heavy atom. The molecule has 4 heteroatoms. The summed E-state index contributed by atoms with van der Waals surface area (Å²) in [6, 6.07) is 21.3. The van der Waals surface area contributed by atoms with Gasteiger partial charge in [0.15, 0.2) is 0 Å². The van der Waals surface area contributed by atoms with Crippen molar-refractivity contribution in [2.24, 2.45) is 5.92 Å². The first-order chi connectivity index (χ1) is 12.7. The van der Waals surface area contributed by atoms with Gasteiger partial charge < -0.3 is 10.4 Å². The van der Waals surface area contributed by atoms with Crippen LogP contribution in [0.1, 0.15) is 29.5 Å². The minimum Gasteiger partial charge on any atom is -0.394 e. The summed E-state index contributed by atoms with van der Waals surface area (Å²) in [5.41, 5.74) is 1.94. The first-order valence-electron chi connectivity index (χ1n) is 8.81. The molecule has 1 aliphatic rings.